The second kappa shape index (κ2) is 9.47. The molecule has 2 aromatic carbocycles. The Labute approximate surface area is 182 Å². The summed E-state index contributed by atoms with van der Waals surface area (Å²) >= 11 is 1.73. The summed E-state index contributed by atoms with van der Waals surface area (Å²) < 4.78 is 2.27. The fourth-order valence-electron chi connectivity index (χ4n) is 3.24. The molecule has 1 N–H and O–H groups in total. The topological polar surface area (TPSA) is 68.0 Å². The highest BCUT2D eigenvalue weighted by Crippen LogP contribution is 2.32. The Morgan fingerprint density at radius 2 is 1.77 bits per heavy atom. The highest BCUT2D eigenvalue weighted by Gasteiger charge is 2.20. The summed E-state index contributed by atoms with van der Waals surface area (Å²) in [5.74, 6) is 0.104. The van der Waals surface area contributed by atoms with Crippen LogP contribution in [-0.2, 0) is 13.0 Å². The van der Waals surface area contributed by atoms with E-state index < -0.39 is 5.97 Å². The molecule has 0 amide bonds. The monoisotopic (exact) mass is 423 g/mol. The second-order valence-electron chi connectivity index (χ2n) is 8.35. The number of thioether (sulfide) groups is 1. The predicted molar refractivity (Wildman–Crippen MR) is 122 cm³/mol. The van der Waals surface area contributed by atoms with E-state index in [1.54, 1.807) is 23.9 Å². The zero-order valence-corrected chi connectivity index (χ0v) is 18.9. The van der Waals surface area contributed by atoms with Crippen molar-refractivity contribution in [1.29, 1.82) is 0 Å². The van der Waals surface area contributed by atoms with E-state index in [4.69, 9.17) is 0 Å². The zero-order valence-electron chi connectivity index (χ0n) is 18.1. The predicted octanol–water partition coefficient (Wildman–Crippen LogP) is 5.92. The van der Waals surface area contributed by atoms with Gasteiger partial charge in [-0.25, -0.2) is 4.79 Å². The van der Waals surface area contributed by atoms with Gasteiger partial charge in [-0.2, -0.15) is 0 Å². The van der Waals surface area contributed by atoms with Crippen LogP contribution < -0.4 is 0 Å². The van der Waals surface area contributed by atoms with Gasteiger partial charge in [0.2, 0.25) is 0 Å². The molecule has 0 atom stereocenters. The molecule has 3 rings (SSSR count). The maximum atomic E-state index is 11.5. The van der Waals surface area contributed by atoms with Crippen LogP contribution >= 0.6 is 11.8 Å². The molecule has 0 saturated heterocycles. The third-order valence-corrected chi connectivity index (χ3v) is 5.80. The van der Waals surface area contributed by atoms with Crippen LogP contribution in [0.5, 0.6) is 0 Å². The number of rotatable bonds is 8. The smallest absolute Gasteiger partial charge is 0.336 e. The summed E-state index contributed by atoms with van der Waals surface area (Å²) in [5.41, 5.74) is 3.08. The quantitative estimate of drug-likeness (QED) is 0.455. The van der Waals surface area contributed by atoms with Gasteiger partial charge in [0, 0.05) is 11.2 Å². The van der Waals surface area contributed by atoms with E-state index in [0.717, 1.165) is 46.9 Å². The lowest BCUT2D eigenvalue weighted by Crippen LogP contribution is -2.12. The number of carboxylic acid groups (broad SMARTS) is 1. The van der Waals surface area contributed by atoms with Crippen molar-refractivity contribution in [3.63, 3.8) is 0 Å². The first-order valence-corrected chi connectivity index (χ1v) is 11.1. The molecule has 0 aliphatic rings. The van der Waals surface area contributed by atoms with Gasteiger partial charge in [0.15, 0.2) is 5.16 Å². The fourth-order valence-corrected chi connectivity index (χ4v) is 4.15. The van der Waals surface area contributed by atoms with Crippen LogP contribution in [0.15, 0.2) is 53.7 Å². The molecule has 0 aliphatic heterocycles. The van der Waals surface area contributed by atoms with Crippen molar-refractivity contribution in [1.82, 2.24) is 14.8 Å². The van der Waals surface area contributed by atoms with Gasteiger partial charge in [-0.15, -0.1) is 10.2 Å². The molecule has 0 aliphatic carbocycles. The van der Waals surface area contributed by atoms with E-state index in [9.17, 15) is 9.90 Å². The number of aryl methyl sites for hydroxylation is 1. The van der Waals surface area contributed by atoms with Gasteiger partial charge in [-0.3, -0.25) is 0 Å². The summed E-state index contributed by atoms with van der Waals surface area (Å²) in [5, 5.41) is 19.3. The van der Waals surface area contributed by atoms with Crippen LogP contribution in [0.2, 0.25) is 0 Å². The van der Waals surface area contributed by atoms with Gasteiger partial charge in [0.1, 0.15) is 5.82 Å². The lowest BCUT2D eigenvalue weighted by atomic mass is 9.99. The molecule has 158 valence electrons. The first-order chi connectivity index (χ1) is 14.3. The molecule has 0 bridgehead atoms. The van der Waals surface area contributed by atoms with Crippen molar-refractivity contribution in [3.05, 3.63) is 65.5 Å². The average Bonchev–Trinajstić information content (AvgIpc) is 3.06. The van der Waals surface area contributed by atoms with Crippen LogP contribution in [0.3, 0.4) is 0 Å². The largest absolute Gasteiger partial charge is 0.478 e. The molecule has 6 heteroatoms. The number of carbonyl (C=O) groups is 1. The zero-order chi connectivity index (χ0) is 21.7. The number of benzene rings is 2. The number of carboxylic acids is 1. The Bertz CT molecular complexity index is 1000. The van der Waals surface area contributed by atoms with Gasteiger partial charge in [-0.1, -0.05) is 88.3 Å². The highest BCUT2D eigenvalue weighted by molar-refractivity contribution is 8.00. The normalized spacial score (nSPS) is 11.6. The Balaban J connectivity index is 1.88. The number of aromatic nitrogens is 3. The minimum Gasteiger partial charge on any atom is -0.478 e. The number of hydrogen-bond acceptors (Lipinski definition) is 4. The van der Waals surface area contributed by atoms with E-state index in [1.165, 1.54) is 0 Å². The molecule has 1 heterocycles. The van der Waals surface area contributed by atoms with Crippen molar-refractivity contribution < 1.29 is 9.90 Å². The summed E-state index contributed by atoms with van der Waals surface area (Å²) in [7, 11) is 0. The van der Waals surface area contributed by atoms with Crippen LogP contribution in [-0.4, -0.2) is 30.6 Å². The molecule has 1 aromatic heterocycles. The second-order valence-corrected chi connectivity index (χ2v) is 10.1. The molecule has 5 nitrogen and oxygen atoms in total. The summed E-state index contributed by atoms with van der Waals surface area (Å²) in [6.07, 6.45) is 3.12. The molecule has 3 aromatic rings. The minimum absolute atomic E-state index is 0.0528. The summed E-state index contributed by atoms with van der Waals surface area (Å²) in [4.78, 5) is 11.5. The third-order valence-electron chi connectivity index (χ3n) is 4.71. The standard InChI is InChI=1S/C24H29N3O2S/c1-5-6-11-21-25-26-23(30-24(2,3)4)27(21)16-17-12-14-18(15-13-17)19-9-7-8-10-20(19)22(28)29/h7-10,12-15H,5-6,11,16H2,1-4H3,(H,28,29). The van der Waals surface area contributed by atoms with Crippen molar-refractivity contribution in [2.45, 2.75) is 63.4 Å². The maximum Gasteiger partial charge on any atom is 0.336 e. The lowest BCUT2D eigenvalue weighted by molar-refractivity contribution is 0.0697. The van der Waals surface area contributed by atoms with Crippen LogP contribution in [0, 0.1) is 0 Å². The van der Waals surface area contributed by atoms with Gasteiger partial charge >= 0.3 is 5.97 Å². The molecular formula is C24H29N3O2S. The van der Waals surface area contributed by atoms with Crippen molar-refractivity contribution in [2.24, 2.45) is 0 Å². The molecule has 0 radical (unpaired) electrons. The number of hydrogen-bond donors (Lipinski definition) is 1. The molecule has 0 unspecified atom stereocenters. The van der Waals surface area contributed by atoms with Gasteiger partial charge in [0.05, 0.1) is 12.1 Å². The summed E-state index contributed by atoms with van der Waals surface area (Å²) in [6, 6.07) is 15.2. The van der Waals surface area contributed by atoms with E-state index in [0.29, 0.717) is 12.1 Å². The molecule has 30 heavy (non-hydrogen) atoms. The van der Waals surface area contributed by atoms with Crippen molar-refractivity contribution in [2.75, 3.05) is 0 Å². The number of unbranched alkanes of at least 4 members (excludes halogenated alkanes) is 1. The average molecular weight is 424 g/mol. The minimum atomic E-state index is -0.913. The van der Waals surface area contributed by atoms with Gasteiger partial charge in [0.25, 0.3) is 0 Å². The van der Waals surface area contributed by atoms with Gasteiger partial charge < -0.3 is 9.67 Å². The van der Waals surface area contributed by atoms with Crippen molar-refractivity contribution >= 4 is 17.7 Å². The SMILES string of the molecule is CCCCc1nnc(SC(C)(C)C)n1Cc1ccc(-c2ccccc2C(=O)O)cc1. The fraction of sp³-hybridized carbons (Fsp3) is 0.375. The van der Waals surface area contributed by atoms with Crippen LogP contribution in [0.1, 0.15) is 62.3 Å². The third kappa shape index (κ3) is 5.51. The first kappa shape index (κ1) is 22.1. The van der Waals surface area contributed by atoms with E-state index in [-0.39, 0.29) is 4.75 Å². The molecule has 0 spiro atoms. The number of nitrogens with zero attached hydrogens (tertiary/aromatic N) is 3. The first-order valence-electron chi connectivity index (χ1n) is 10.3. The Morgan fingerprint density at radius 1 is 1.07 bits per heavy atom. The Kier molecular flexibility index (Phi) is 6.98. The Morgan fingerprint density at radius 3 is 2.40 bits per heavy atom. The van der Waals surface area contributed by atoms with E-state index >= 15 is 0 Å². The van der Waals surface area contributed by atoms with E-state index in [2.05, 4.69) is 54.6 Å². The summed E-state index contributed by atoms with van der Waals surface area (Å²) in [6.45, 7) is 9.41. The number of aromatic carboxylic acids is 1. The Hall–Kier alpha value is -2.60. The highest BCUT2D eigenvalue weighted by atomic mass is 32.2. The lowest BCUT2D eigenvalue weighted by Gasteiger charge is -2.18. The molecular weight excluding hydrogens is 394 g/mol. The molecule has 0 fully saturated rings. The molecule has 0 saturated carbocycles. The van der Waals surface area contributed by atoms with E-state index in [1.807, 2.05) is 24.3 Å². The van der Waals surface area contributed by atoms with Crippen molar-refractivity contribution in [3.8, 4) is 11.1 Å². The van der Waals surface area contributed by atoms with Crippen LogP contribution in [0.25, 0.3) is 11.1 Å². The maximum absolute atomic E-state index is 11.5. The van der Waals surface area contributed by atoms with Gasteiger partial charge in [-0.05, 0) is 29.2 Å². The van der Waals surface area contributed by atoms with Crippen LogP contribution in [0.4, 0.5) is 0 Å².